The van der Waals surface area contributed by atoms with E-state index in [4.69, 9.17) is 0 Å². The molecule has 1 heterocycles. The van der Waals surface area contributed by atoms with Crippen LogP contribution in [0.15, 0.2) is 24.3 Å². The van der Waals surface area contributed by atoms with Gasteiger partial charge in [-0.15, -0.1) is 5.10 Å². The molecule has 3 nitrogen and oxygen atoms in total. The highest BCUT2D eigenvalue weighted by Crippen LogP contribution is 2.38. The standard InChI is InChI=1S/C17H22N2OS/c1-2-6-15-17(21-19-18-15)16(20)11-13-9-5-8-12-7-3-4-10-14(12)13/h3-4,7,10,13,16,20H,2,5-6,8-9,11H2,1H3. The van der Waals surface area contributed by atoms with E-state index in [1.165, 1.54) is 41.9 Å². The maximum atomic E-state index is 10.6. The van der Waals surface area contributed by atoms with Gasteiger partial charge in [0.1, 0.15) is 0 Å². The number of benzene rings is 1. The van der Waals surface area contributed by atoms with Gasteiger partial charge in [-0.25, -0.2) is 0 Å². The Morgan fingerprint density at radius 1 is 1.38 bits per heavy atom. The average Bonchev–Trinajstić information content (AvgIpc) is 2.96. The zero-order valence-corrected chi connectivity index (χ0v) is 13.3. The van der Waals surface area contributed by atoms with E-state index in [9.17, 15) is 5.11 Å². The van der Waals surface area contributed by atoms with Gasteiger partial charge < -0.3 is 5.11 Å². The van der Waals surface area contributed by atoms with Gasteiger partial charge in [-0.2, -0.15) is 0 Å². The zero-order valence-electron chi connectivity index (χ0n) is 12.5. The molecule has 0 saturated carbocycles. The quantitative estimate of drug-likeness (QED) is 0.907. The molecule has 4 heteroatoms. The molecule has 0 bridgehead atoms. The van der Waals surface area contributed by atoms with Gasteiger partial charge in [-0.05, 0) is 60.7 Å². The summed E-state index contributed by atoms with van der Waals surface area (Å²) >= 11 is 1.36. The fourth-order valence-corrected chi connectivity index (χ4v) is 4.05. The minimum Gasteiger partial charge on any atom is -0.387 e. The van der Waals surface area contributed by atoms with E-state index in [0.717, 1.165) is 29.8 Å². The van der Waals surface area contributed by atoms with Gasteiger partial charge in [0, 0.05) is 0 Å². The van der Waals surface area contributed by atoms with Crippen molar-refractivity contribution in [2.45, 2.75) is 57.5 Å². The summed E-state index contributed by atoms with van der Waals surface area (Å²) in [4.78, 5) is 0.972. The lowest BCUT2D eigenvalue weighted by atomic mass is 9.80. The number of aryl methyl sites for hydroxylation is 2. The molecule has 2 aromatic rings. The van der Waals surface area contributed by atoms with Gasteiger partial charge >= 0.3 is 0 Å². The number of aromatic nitrogens is 2. The first-order chi connectivity index (χ1) is 10.3. The molecule has 1 aliphatic rings. The Labute approximate surface area is 130 Å². The van der Waals surface area contributed by atoms with Crippen LogP contribution in [0.2, 0.25) is 0 Å². The molecule has 3 rings (SSSR count). The van der Waals surface area contributed by atoms with Crippen LogP contribution in [0.3, 0.4) is 0 Å². The minimum atomic E-state index is -0.428. The molecule has 0 spiro atoms. The molecule has 1 N–H and O–H groups in total. The van der Waals surface area contributed by atoms with Crippen molar-refractivity contribution in [2.24, 2.45) is 0 Å². The van der Waals surface area contributed by atoms with Crippen molar-refractivity contribution in [2.75, 3.05) is 0 Å². The molecule has 2 unspecified atom stereocenters. The maximum absolute atomic E-state index is 10.6. The highest BCUT2D eigenvalue weighted by atomic mass is 32.1. The van der Waals surface area contributed by atoms with Crippen molar-refractivity contribution in [3.05, 3.63) is 46.0 Å². The van der Waals surface area contributed by atoms with Crippen LogP contribution in [0.25, 0.3) is 0 Å². The van der Waals surface area contributed by atoms with Crippen LogP contribution in [0.1, 0.15) is 66.3 Å². The van der Waals surface area contributed by atoms with Crippen molar-refractivity contribution in [3.8, 4) is 0 Å². The molecular formula is C17H22N2OS. The van der Waals surface area contributed by atoms with E-state index in [-0.39, 0.29) is 0 Å². The van der Waals surface area contributed by atoms with Crippen LogP contribution in [0, 0.1) is 0 Å². The van der Waals surface area contributed by atoms with Gasteiger partial charge in [0.05, 0.1) is 16.7 Å². The number of rotatable bonds is 5. The van der Waals surface area contributed by atoms with Crippen LogP contribution >= 0.6 is 11.5 Å². The molecule has 0 aliphatic heterocycles. The summed E-state index contributed by atoms with van der Waals surface area (Å²) in [5.41, 5.74) is 3.87. The predicted molar refractivity (Wildman–Crippen MR) is 85.6 cm³/mol. The molecule has 0 fully saturated rings. The second-order valence-corrected chi connectivity index (χ2v) is 6.66. The summed E-state index contributed by atoms with van der Waals surface area (Å²) in [7, 11) is 0. The third-order valence-electron chi connectivity index (χ3n) is 4.38. The molecule has 1 aromatic heterocycles. The van der Waals surface area contributed by atoms with E-state index in [0.29, 0.717) is 5.92 Å². The highest BCUT2D eigenvalue weighted by Gasteiger charge is 2.25. The lowest BCUT2D eigenvalue weighted by Crippen LogP contribution is -2.13. The van der Waals surface area contributed by atoms with E-state index in [1.54, 1.807) is 0 Å². The number of hydrogen-bond acceptors (Lipinski definition) is 4. The fraction of sp³-hybridized carbons (Fsp3) is 0.529. The van der Waals surface area contributed by atoms with Crippen molar-refractivity contribution < 1.29 is 5.11 Å². The smallest absolute Gasteiger partial charge is 0.0922 e. The van der Waals surface area contributed by atoms with Crippen LogP contribution < -0.4 is 0 Å². The molecule has 21 heavy (non-hydrogen) atoms. The van der Waals surface area contributed by atoms with Gasteiger partial charge in [-0.3, -0.25) is 0 Å². The van der Waals surface area contributed by atoms with Crippen molar-refractivity contribution in [1.29, 1.82) is 0 Å². The third kappa shape index (κ3) is 3.16. The largest absolute Gasteiger partial charge is 0.387 e. The first kappa shape index (κ1) is 14.7. The Balaban J connectivity index is 1.76. The normalized spacial score (nSPS) is 19.2. The molecule has 0 amide bonds. The molecular weight excluding hydrogens is 280 g/mol. The maximum Gasteiger partial charge on any atom is 0.0922 e. The molecule has 0 radical (unpaired) electrons. The fourth-order valence-electron chi connectivity index (χ4n) is 3.35. The number of fused-ring (bicyclic) bond motifs is 1. The summed E-state index contributed by atoms with van der Waals surface area (Å²) in [6.07, 6.45) is 5.87. The lowest BCUT2D eigenvalue weighted by molar-refractivity contribution is 0.156. The Morgan fingerprint density at radius 3 is 3.10 bits per heavy atom. The zero-order chi connectivity index (χ0) is 14.7. The number of aliphatic hydroxyl groups is 1. The monoisotopic (exact) mass is 302 g/mol. The van der Waals surface area contributed by atoms with Crippen LogP contribution in [-0.2, 0) is 12.8 Å². The number of aliphatic hydroxyl groups excluding tert-OH is 1. The van der Waals surface area contributed by atoms with E-state index < -0.39 is 6.10 Å². The molecule has 1 aromatic carbocycles. The minimum absolute atomic E-state index is 0.428. The first-order valence-electron chi connectivity index (χ1n) is 7.86. The van der Waals surface area contributed by atoms with E-state index in [2.05, 4.69) is 40.8 Å². The molecule has 0 saturated heterocycles. The van der Waals surface area contributed by atoms with E-state index >= 15 is 0 Å². The van der Waals surface area contributed by atoms with Gasteiger partial charge in [0.25, 0.3) is 0 Å². The third-order valence-corrected chi connectivity index (χ3v) is 5.24. The predicted octanol–water partition coefficient (Wildman–Crippen LogP) is 4.03. The topological polar surface area (TPSA) is 46.0 Å². The SMILES string of the molecule is CCCc1nnsc1C(O)CC1CCCc2ccccc21. The number of nitrogens with zero attached hydrogens (tertiary/aromatic N) is 2. The van der Waals surface area contributed by atoms with Crippen LogP contribution in [0.5, 0.6) is 0 Å². The van der Waals surface area contributed by atoms with Gasteiger partial charge in [-0.1, -0.05) is 42.1 Å². The van der Waals surface area contributed by atoms with Crippen molar-refractivity contribution in [1.82, 2.24) is 9.59 Å². The Kier molecular flexibility index (Phi) is 4.66. The summed E-state index contributed by atoms with van der Waals surface area (Å²) in [5.74, 6) is 0.460. The van der Waals surface area contributed by atoms with Crippen LogP contribution in [-0.4, -0.2) is 14.7 Å². The summed E-state index contributed by atoms with van der Waals surface area (Å²) in [6, 6.07) is 8.68. The average molecular weight is 302 g/mol. The molecule has 2 atom stereocenters. The van der Waals surface area contributed by atoms with E-state index in [1.807, 2.05) is 0 Å². The molecule has 1 aliphatic carbocycles. The Morgan fingerprint density at radius 2 is 2.24 bits per heavy atom. The highest BCUT2D eigenvalue weighted by molar-refractivity contribution is 7.05. The Hall–Kier alpha value is -1.26. The first-order valence-corrected chi connectivity index (χ1v) is 8.64. The lowest BCUT2D eigenvalue weighted by Gasteiger charge is -2.27. The van der Waals surface area contributed by atoms with Gasteiger partial charge in [0.2, 0.25) is 0 Å². The summed E-state index contributed by atoms with van der Waals surface area (Å²) in [5, 5.41) is 14.8. The summed E-state index contributed by atoms with van der Waals surface area (Å²) in [6.45, 7) is 2.13. The summed E-state index contributed by atoms with van der Waals surface area (Å²) < 4.78 is 4.03. The van der Waals surface area contributed by atoms with Crippen LogP contribution in [0.4, 0.5) is 0 Å². The second-order valence-electron chi connectivity index (χ2n) is 5.87. The number of hydrogen-bond donors (Lipinski definition) is 1. The second kappa shape index (κ2) is 6.67. The van der Waals surface area contributed by atoms with Gasteiger partial charge in [0.15, 0.2) is 0 Å². The van der Waals surface area contributed by atoms with Crippen molar-refractivity contribution >= 4 is 11.5 Å². The Bertz CT molecular complexity index is 596. The molecule has 112 valence electrons. The van der Waals surface area contributed by atoms with Crippen molar-refractivity contribution in [3.63, 3.8) is 0 Å².